The van der Waals surface area contributed by atoms with Gasteiger partial charge in [0.2, 0.25) is 0 Å². The van der Waals surface area contributed by atoms with Crippen LogP contribution in [-0.4, -0.2) is 24.2 Å². The second kappa shape index (κ2) is 7.47. The van der Waals surface area contributed by atoms with E-state index in [0.29, 0.717) is 12.2 Å². The summed E-state index contributed by atoms with van der Waals surface area (Å²) in [5, 5.41) is 9.54. The Hall–Kier alpha value is -2.53. The molecular weight excluding hydrogens is 282 g/mol. The molecule has 1 atom stereocenters. The van der Waals surface area contributed by atoms with Crippen LogP contribution in [0, 0.1) is 0 Å². The topological polar surface area (TPSA) is 81.8 Å². The first-order chi connectivity index (χ1) is 10.6. The maximum Gasteiger partial charge on any atom is 0.323 e. The molecule has 2 rings (SSSR count). The zero-order chi connectivity index (χ0) is 15.9. The molecule has 0 spiro atoms. The smallest absolute Gasteiger partial charge is 0.323 e. The van der Waals surface area contributed by atoms with Crippen molar-refractivity contribution in [2.75, 3.05) is 7.11 Å². The number of phenols is 1. The number of benzene rings is 2. The number of hydrogen-bond donors (Lipinski definition) is 2. The van der Waals surface area contributed by atoms with Gasteiger partial charge in [0.1, 0.15) is 12.6 Å². The van der Waals surface area contributed by atoms with E-state index in [0.717, 1.165) is 11.1 Å². The summed E-state index contributed by atoms with van der Waals surface area (Å²) in [4.78, 5) is 11.9. The fourth-order valence-corrected chi connectivity index (χ4v) is 2.02. The molecule has 0 aliphatic heterocycles. The molecule has 0 saturated carbocycles. The Labute approximate surface area is 129 Å². The molecule has 22 heavy (non-hydrogen) atoms. The van der Waals surface area contributed by atoms with Crippen LogP contribution in [0.25, 0.3) is 0 Å². The van der Waals surface area contributed by atoms with Gasteiger partial charge in [-0.3, -0.25) is 4.79 Å². The summed E-state index contributed by atoms with van der Waals surface area (Å²) in [5.74, 6) is -0.0651. The quantitative estimate of drug-likeness (QED) is 0.798. The number of phenolic OH excluding ortho intramolecular Hbond substituents is 1. The molecule has 3 N–H and O–H groups in total. The number of methoxy groups -OCH3 is 1. The van der Waals surface area contributed by atoms with E-state index in [2.05, 4.69) is 0 Å². The van der Waals surface area contributed by atoms with E-state index in [9.17, 15) is 9.90 Å². The van der Waals surface area contributed by atoms with Gasteiger partial charge in [-0.05, 0) is 29.7 Å². The van der Waals surface area contributed by atoms with E-state index in [1.165, 1.54) is 13.2 Å². The van der Waals surface area contributed by atoms with E-state index in [4.69, 9.17) is 15.2 Å². The van der Waals surface area contributed by atoms with Gasteiger partial charge < -0.3 is 20.3 Å². The lowest BCUT2D eigenvalue weighted by Gasteiger charge is -2.13. The van der Waals surface area contributed by atoms with E-state index in [1.807, 2.05) is 30.3 Å². The Balaban J connectivity index is 1.91. The first kappa shape index (κ1) is 15.9. The van der Waals surface area contributed by atoms with Crippen LogP contribution in [0.4, 0.5) is 0 Å². The molecule has 5 heteroatoms. The van der Waals surface area contributed by atoms with Crippen LogP contribution in [0.5, 0.6) is 11.5 Å². The maximum atomic E-state index is 11.9. The molecule has 0 saturated heterocycles. The van der Waals surface area contributed by atoms with Crippen LogP contribution < -0.4 is 10.5 Å². The minimum Gasteiger partial charge on any atom is -0.504 e. The molecule has 5 nitrogen and oxygen atoms in total. The van der Waals surface area contributed by atoms with Gasteiger partial charge in [0, 0.05) is 0 Å². The van der Waals surface area contributed by atoms with Gasteiger partial charge in [0.15, 0.2) is 11.5 Å². The molecule has 0 amide bonds. The van der Waals surface area contributed by atoms with Gasteiger partial charge >= 0.3 is 5.97 Å². The van der Waals surface area contributed by atoms with Crippen LogP contribution in [-0.2, 0) is 22.6 Å². The standard InChI is InChI=1S/C17H19NO4/c1-21-16-10-13(7-8-15(16)19)9-14(18)17(20)22-11-12-5-3-2-4-6-12/h2-8,10,14,19H,9,11,18H2,1H3. The molecular formula is C17H19NO4. The summed E-state index contributed by atoms with van der Waals surface area (Å²) in [7, 11) is 1.47. The number of nitrogens with two attached hydrogens (primary N) is 1. The molecule has 0 aliphatic carbocycles. The number of esters is 1. The summed E-state index contributed by atoms with van der Waals surface area (Å²) in [5.41, 5.74) is 7.57. The van der Waals surface area contributed by atoms with Crippen molar-refractivity contribution in [3.05, 3.63) is 59.7 Å². The predicted octanol–water partition coefficient (Wildman–Crippen LogP) is 2.01. The zero-order valence-corrected chi connectivity index (χ0v) is 12.4. The highest BCUT2D eigenvalue weighted by molar-refractivity contribution is 5.76. The van der Waals surface area contributed by atoms with Crippen molar-refractivity contribution < 1.29 is 19.4 Å². The van der Waals surface area contributed by atoms with Crippen molar-refractivity contribution in [1.82, 2.24) is 0 Å². The SMILES string of the molecule is COc1cc(CC(N)C(=O)OCc2ccccc2)ccc1O. The number of carbonyl (C=O) groups is 1. The molecule has 0 fully saturated rings. The fourth-order valence-electron chi connectivity index (χ4n) is 2.02. The highest BCUT2D eigenvalue weighted by Gasteiger charge is 2.16. The summed E-state index contributed by atoms with van der Waals surface area (Å²) in [6.45, 7) is 0.201. The van der Waals surface area contributed by atoms with Gasteiger partial charge in [-0.15, -0.1) is 0 Å². The molecule has 0 bridgehead atoms. The number of aromatic hydroxyl groups is 1. The Morgan fingerprint density at radius 2 is 1.91 bits per heavy atom. The van der Waals surface area contributed by atoms with E-state index >= 15 is 0 Å². The third kappa shape index (κ3) is 4.23. The monoisotopic (exact) mass is 301 g/mol. The van der Waals surface area contributed by atoms with Crippen LogP contribution in [0.15, 0.2) is 48.5 Å². The number of rotatable bonds is 6. The van der Waals surface area contributed by atoms with Gasteiger partial charge in [0.25, 0.3) is 0 Å². The lowest BCUT2D eigenvalue weighted by atomic mass is 10.1. The van der Waals surface area contributed by atoms with Crippen molar-refractivity contribution in [3.63, 3.8) is 0 Å². The normalized spacial score (nSPS) is 11.7. The third-order valence-electron chi connectivity index (χ3n) is 3.23. The predicted molar refractivity (Wildman–Crippen MR) is 82.6 cm³/mol. The highest BCUT2D eigenvalue weighted by Crippen LogP contribution is 2.26. The van der Waals surface area contributed by atoms with Crippen molar-refractivity contribution in [3.8, 4) is 11.5 Å². The molecule has 0 aliphatic rings. The van der Waals surface area contributed by atoms with Crippen LogP contribution in [0.3, 0.4) is 0 Å². The van der Waals surface area contributed by atoms with Gasteiger partial charge in [-0.2, -0.15) is 0 Å². The Morgan fingerprint density at radius 1 is 1.18 bits per heavy atom. The second-order valence-corrected chi connectivity index (χ2v) is 4.91. The summed E-state index contributed by atoms with van der Waals surface area (Å²) >= 11 is 0. The molecule has 1 unspecified atom stereocenters. The minimum atomic E-state index is -0.766. The van der Waals surface area contributed by atoms with Gasteiger partial charge in [-0.1, -0.05) is 36.4 Å². The van der Waals surface area contributed by atoms with E-state index in [1.54, 1.807) is 12.1 Å². The van der Waals surface area contributed by atoms with Crippen LogP contribution >= 0.6 is 0 Å². The first-order valence-corrected chi connectivity index (χ1v) is 6.92. The molecule has 0 radical (unpaired) electrons. The maximum absolute atomic E-state index is 11.9. The minimum absolute atomic E-state index is 0.0477. The van der Waals surface area contributed by atoms with E-state index < -0.39 is 12.0 Å². The van der Waals surface area contributed by atoms with Crippen molar-refractivity contribution >= 4 is 5.97 Å². The molecule has 2 aromatic rings. The first-order valence-electron chi connectivity index (χ1n) is 6.92. The molecule has 116 valence electrons. The van der Waals surface area contributed by atoms with Crippen LogP contribution in [0.2, 0.25) is 0 Å². The van der Waals surface area contributed by atoms with Crippen molar-refractivity contribution in [2.45, 2.75) is 19.1 Å². The van der Waals surface area contributed by atoms with E-state index in [-0.39, 0.29) is 12.4 Å². The number of ether oxygens (including phenoxy) is 2. The fraction of sp³-hybridized carbons (Fsp3) is 0.235. The average Bonchev–Trinajstić information content (AvgIpc) is 2.55. The number of hydrogen-bond acceptors (Lipinski definition) is 5. The highest BCUT2D eigenvalue weighted by atomic mass is 16.5. The average molecular weight is 301 g/mol. The summed E-state index contributed by atoms with van der Waals surface area (Å²) in [6, 6.07) is 13.5. The molecule has 0 aromatic heterocycles. The van der Waals surface area contributed by atoms with Crippen molar-refractivity contribution in [1.29, 1.82) is 0 Å². The Morgan fingerprint density at radius 3 is 2.59 bits per heavy atom. The Kier molecular flexibility index (Phi) is 5.38. The van der Waals surface area contributed by atoms with Gasteiger partial charge in [-0.25, -0.2) is 0 Å². The molecule has 2 aromatic carbocycles. The largest absolute Gasteiger partial charge is 0.504 e. The second-order valence-electron chi connectivity index (χ2n) is 4.91. The third-order valence-corrected chi connectivity index (χ3v) is 3.23. The Bertz CT molecular complexity index is 628. The lowest BCUT2D eigenvalue weighted by Crippen LogP contribution is -2.34. The lowest BCUT2D eigenvalue weighted by molar-refractivity contribution is -0.146. The summed E-state index contributed by atoms with van der Waals surface area (Å²) in [6.07, 6.45) is 0.310. The molecule has 0 heterocycles. The number of carbonyl (C=O) groups excluding carboxylic acids is 1. The summed E-state index contributed by atoms with van der Waals surface area (Å²) < 4.78 is 10.2. The van der Waals surface area contributed by atoms with Gasteiger partial charge in [0.05, 0.1) is 7.11 Å². The van der Waals surface area contributed by atoms with Crippen LogP contribution in [0.1, 0.15) is 11.1 Å². The van der Waals surface area contributed by atoms with Crippen molar-refractivity contribution in [2.24, 2.45) is 5.73 Å². The zero-order valence-electron chi connectivity index (χ0n) is 12.4.